The number of carbonyl (C=O) groups excluding carboxylic acids is 1. The minimum absolute atomic E-state index is 0.0391. The standard InChI is InChI=1S/C25H24F4N5O2Si/c1-13(17-4-3-5-19(21(17)26)25(27,28)29)31-24(35)18-6-14(15-7-30-33(2)8-15)9-34-22-16(12-37)10-36-11-20(22)32-23(18)34/h3-9,13,16,20,22H,10-12H2,1-2H3,(H,31,35)/t13-,16?,20-,22?/m1/s1. The van der Waals surface area contributed by atoms with Gasteiger partial charge in [0, 0.05) is 52.3 Å². The SMILES string of the molecule is C[C@@H](NC(=O)C1=CC(c2cnn(C)c2)=CN2C1=N[C@@H]1COCC(C[Si])C12)c1cccc(C(F)(F)F)c1F. The molecule has 0 bridgehead atoms. The molecule has 1 N–H and O–H groups in total. The highest BCUT2D eigenvalue weighted by atomic mass is 28.1. The van der Waals surface area contributed by atoms with Crippen LogP contribution in [0.15, 0.2) is 53.4 Å². The maximum Gasteiger partial charge on any atom is 0.419 e. The van der Waals surface area contributed by atoms with Gasteiger partial charge in [0.2, 0.25) is 0 Å². The lowest BCUT2D eigenvalue weighted by atomic mass is 9.92. The summed E-state index contributed by atoms with van der Waals surface area (Å²) in [7, 11) is 5.40. The molecule has 3 aliphatic rings. The van der Waals surface area contributed by atoms with Crippen LogP contribution in [0.25, 0.3) is 5.57 Å². The third-order valence-electron chi connectivity index (χ3n) is 6.86. The Morgan fingerprint density at radius 2 is 2.11 bits per heavy atom. The van der Waals surface area contributed by atoms with Crippen LogP contribution in [0.3, 0.4) is 0 Å². The normalized spacial score (nSPS) is 24.0. The number of fused-ring (bicyclic) bond motifs is 3. The zero-order chi connectivity index (χ0) is 26.5. The minimum Gasteiger partial charge on any atom is -0.379 e. The number of allylic oxidation sites excluding steroid dienone is 2. The summed E-state index contributed by atoms with van der Waals surface area (Å²) in [5.41, 5.74) is 0.127. The molecule has 0 spiro atoms. The average molecular weight is 531 g/mol. The van der Waals surface area contributed by atoms with Gasteiger partial charge in [-0.1, -0.05) is 18.2 Å². The number of hydrogen-bond acceptors (Lipinski definition) is 5. The molecule has 3 aliphatic heterocycles. The molecule has 1 saturated heterocycles. The van der Waals surface area contributed by atoms with Crippen LogP contribution in [0.2, 0.25) is 6.04 Å². The maximum absolute atomic E-state index is 14.7. The zero-order valence-corrected chi connectivity index (χ0v) is 21.1. The number of carbonyl (C=O) groups is 1. The number of aliphatic imine (C=N–C) groups is 1. The van der Waals surface area contributed by atoms with Gasteiger partial charge in [0.25, 0.3) is 5.91 Å². The summed E-state index contributed by atoms with van der Waals surface area (Å²) in [6.45, 7) is 2.39. The van der Waals surface area contributed by atoms with Gasteiger partial charge in [-0.2, -0.15) is 18.3 Å². The first-order valence-corrected chi connectivity index (χ1v) is 12.5. The van der Waals surface area contributed by atoms with Gasteiger partial charge in [-0.3, -0.25) is 14.5 Å². The maximum atomic E-state index is 14.7. The number of benzene rings is 1. The van der Waals surface area contributed by atoms with Gasteiger partial charge in [-0.15, -0.1) is 0 Å². The van der Waals surface area contributed by atoms with Crippen LogP contribution in [0.1, 0.15) is 29.7 Å². The number of nitrogens with one attached hydrogen (secondary N) is 1. The molecule has 1 aromatic heterocycles. The van der Waals surface area contributed by atoms with Crippen molar-refractivity contribution in [2.24, 2.45) is 18.0 Å². The van der Waals surface area contributed by atoms with E-state index in [1.807, 2.05) is 17.3 Å². The highest BCUT2D eigenvalue weighted by molar-refractivity contribution is 6.24. The van der Waals surface area contributed by atoms with E-state index in [-0.39, 0.29) is 29.1 Å². The second kappa shape index (κ2) is 9.56. The number of nitrogens with zero attached hydrogens (tertiary/aromatic N) is 4. The fourth-order valence-corrected chi connectivity index (χ4v) is 5.40. The predicted octanol–water partition coefficient (Wildman–Crippen LogP) is 3.42. The van der Waals surface area contributed by atoms with Crippen LogP contribution in [0.4, 0.5) is 17.6 Å². The molecular formula is C25H24F4N5O2Si. The van der Waals surface area contributed by atoms with Crippen molar-refractivity contribution in [1.29, 1.82) is 0 Å². The van der Waals surface area contributed by atoms with E-state index in [2.05, 4.69) is 20.7 Å². The van der Waals surface area contributed by atoms with Crippen molar-refractivity contribution in [3.05, 3.63) is 70.9 Å². The Hall–Kier alpha value is -3.25. The molecule has 37 heavy (non-hydrogen) atoms. The first-order chi connectivity index (χ1) is 17.6. The Kier molecular flexibility index (Phi) is 6.56. The summed E-state index contributed by atoms with van der Waals surface area (Å²) in [5.74, 6) is -1.41. The Morgan fingerprint density at radius 3 is 2.78 bits per heavy atom. The van der Waals surface area contributed by atoms with Gasteiger partial charge in [-0.05, 0) is 19.1 Å². The Bertz CT molecular complexity index is 1320. The number of aryl methyl sites for hydroxylation is 1. The van der Waals surface area contributed by atoms with Crippen molar-refractivity contribution in [2.75, 3.05) is 13.2 Å². The zero-order valence-electron chi connectivity index (χ0n) is 20.1. The molecule has 2 aromatic rings. The van der Waals surface area contributed by atoms with Gasteiger partial charge in [0.15, 0.2) is 0 Å². The summed E-state index contributed by atoms with van der Waals surface area (Å²) in [6, 6.07) is 2.45. The highest BCUT2D eigenvalue weighted by Gasteiger charge is 2.46. The van der Waals surface area contributed by atoms with Gasteiger partial charge < -0.3 is 15.0 Å². The quantitative estimate of drug-likeness (QED) is 0.475. The van der Waals surface area contributed by atoms with Crippen LogP contribution in [-0.2, 0) is 22.8 Å². The summed E-state index contributed by atoms with van der Waals surface area (Å²) >= 11 is 0. The Balaban J connectivity index is 1.49. The summed E-state index contributed by atoms with van der Waals surface area (Å²) in [5, 5.41) is 6.89. The number of rotatable bonds is 5. The number of amides is 1. The molecule has 4 heterocycles. The first kappa shape index (κ1) is 25.4. The van der Waals surface area contributed by atoms with E-state index in [0.717, 1.165) is 17.2 Å². The van der Waals surface area contributed by atoms with E-state index in [9.17, 15) is 22.4 Å². The fourth-order valence-electron chi connectivity index (χ4n) is 5.04. The van der Waals surface area contributed by atoms with E-state index in [1.54, 1.807) is 24.0 Å². The smallest absolute Gasteiger partial charge is 0.379 e. The van der Waals surface area contributed by atoms with Gasteiger partial charge in [0.1, 0.15) is 11.7 Å². The lowest BCUT2D eigenvalue weighted by Crippen LogP contribution is -2.50. The molecule has 5 rings (SSSR count). The van der Waals surface area contributed by atoms with Crippen LogP contribution in [0, 0.1) is 11.7 Å². The van der Waals surface area contributed by atoms with Gasteiger partial charge >= 0.3 is 6.18 Å². The molecule has 1 aromatic carbocycles. The number of halogens is 4. The molecule has 3 radical (unpaired) electrons. The lowest BCUT2D eigenvalue weighted by Gasteiger charge is -2.38. The van der Waals surface area contributed by atoms with Crippen molar-refractivity contribution in [3.8, 4) is 0 Å². The van der Waals surface area contributed by atoms with Gasteiger partial charge in [0.05, 0.1) is 48.7 Å². The van der Waals surface area contributed by atoms with Crippen LogP contribution in [0.5, 0.6) is 0 Å². The molecule has 0 aliphatic carbocycles. The first-order valence-electron chi connectivity index (χ1n) is 11.8. The third kappa shape index (κ3) is 4.63. The molecule has 4 atom stereocenters. The molecule has 2 unspecified atom stereocenters. The summed E-state index contributed by atoms with van der Waals surface area (Å²) < 4.78 is 61.8. The number of alkyl halides is 3. The van der Waals surface area contributed by atoms with Crippen LogP contribution in [-0.4, -0.2) is 62.0 Å². The lowest BCUT2D eigenvalue weighted by molar-refractivity contribution is -0.140. The fraction of sp³-hybridized carbons (Fsp3) is 0.400. The number of ether oxygens (including phenoxy) is 1. The Morgan fingerprint density at radius 1 is 1.32 bits per heavy atom. The van der Waals surface area contributed by atoms with Crippen LogP contribution < -0.4 is 5.32 Å². The van der Waals surface area contributed by atoms with Crippen molar-refractivity contribution >= 4 is 27.6 Å². The molecule has 1 amide bonds. The van der Waals surface area contributed by atoms with Crippen molar-refractivity contribution in [2.45, 2.75) is 37.3 Å². The van der Waals surface area contributed by atoms with Crippen LogP contribution >= 0.6 is 0 Å². The second-order valence-electron chi connectivity index (χ2n) is 9.37. The van der Waals surface area contributed by atoms with Crippen molar-refractivity contribution in [1.82, 2.24) is 20.0 Å². The monoisotopic (exact) mass is 530 g/mol. The second-order valence-corrected chi connectivity index (χ2v) is 9.77. The average Bonchev–Trinajstić information content (AvgIpc) is 3.46. The highest BCUT2D eigenvalue weighted by Crippen LogP contribution is 2.38. The van der Waals surface area contributed by atoms with Crippen molar-refractivity contribution in [3.63, 3.8) is 0 Å². The molecule has 0 saturated carbocycles. The summed E-state index contributed by atoms with van der Waals surface area (Å²) in [4.78, 5) is 20.3. The Labute approximate surface area is 214 Å². The van der Waals surface area contributed by atoms with Gasteiger partial charge in [-0.25, -0.2) is 4.39 Å². The molecule has 12 heteroatoms. The molecule has 1 fully saturated rings. The topological polar surface area (TPSA) is 71.8 Å². The van der Waals surface area contributed by atoms with E-state index < -0.39 is 29.5 Å². The van der Waals surface area contributed by atoms with E-state index in [1.165, 1.54) is 13.0 Å². The van der Waals surface area contributed by atoms with Crippen molar-refractivity contribution < 1.29 is 27.1 Å². The number of amidine groups is 1. The minimum atomic E-state index is -4.84. The molecule has 7 nitrogen and oxygen atoms in total. The number of hydrogen-bond donors (Lipinski definition) is 1. The third-order valence-corrected chi connectivity index (χ3v) is 7.39. The van der Waals surface area contributed by atoms with E-state index in [0.29, 0.717) is 31.2 Å². The largest absolute Gasteiger partial charge is 0.419 e. The van der Waals surface area contributed by atoms with E-state index >= 15 is 0 Å². The molecule has 193 valence electrons. The summed E-state index contributed by atoms with van der Waals surface area (Å²) in [6.07, 6.45) is 2.27. The number of aromatic nitrogens is 2. The predicted molar refractivity (Wildman–Crippen MR) is 129 cm³/mol. The molecular weight excluding hydrogens is 506 g/mol. The van der Waals surface area contributed by atoms with E-state index in [4.69, 9.17) is 9.73 Å².